The molecule has 0 saturated carbocycles. The van der Waals surface area contributed by atoms with E-state index in [1.54, 1.807) is 13.4 Å². The van der Waals surface area contributed by atoms with Crippen LogP contribution in [0.4, 0.5) is 0 Å². The Morgan fingerprint density at radius 2 is 2.55 bits per heavy atom. The Labute approximate surface area is 65.5 Å². The van der Waals surface area contributed by atoms with E-state index in [1.807, 2.05) is 12.2 Å². The molecule has 2 rings (SSSR count). The number of allylic oxidation sites excluding steroid dienone is 2. The third-order valence-corrected chi connectivity index (χ3v) is 1.95. The van der Waals surface area contributed by atoms with Crippen LogP contribution in [0.2, 0.25) is 0 Å². The Balaban J connectivity index is 2.20. The summed E-state index contributed by atoms with van der Waals surface area (Å²) in [7, 11) is 1.69. The van der Waals surface area contributed by atoms with Gasteiger partial charge in [-0.1, -0.05) is 0 Å². The van der Waals surface area contributed by atoms with Gasteiger partial charge in [0.15, 0.2) is 0 Å². The SMILES string of the molecule is COC1=CC=C2NC=NC2C1. The molecule has 0 aromatic carbocycles. The van der Waals surface area contributed by atoms with Gasteiger partial charge in [-0.25, -0.2) is 0 Å². The van der Waals surface area contributed by atoms with Gasteiger partial charge in [0.1, 0.15) is 0 Å². The molecule has 0 spiro atoms. The number of aliphatic imine (C=N–C) groups is 1. The maximum absolute atomic E-state index is 5.11. The van der Waals surface area contributed by atoms with Gasteiger partial charge < -0.3 is 10.1 Å². The fourth-order valence-corrected chi connectivity index (χ4v) is 1.29. The number of fused-ring (bicyclic) bond motifs is 1. The summed E-state index contributed by atoms with van der Waals surface area (Å²) in [5, 5.41) is 3.07. The zero-order valence-electron chi connectivity index (χ0n) is 6.37. The number of hydrogen-bond donors (Lipinski definition) is 1. The molecular weight excluding hydrogens is 140 g/mol. The minimum atomic E-state index is 0.273. The molecule has 0 amide bonds. The molecule has 1 unspecified atom stereocenters. The third kappa shape index (κ3) is 1.02. The molecule has 1 aliphatic heterocycles. The summed E-state index contributed by atoms with van der Waals surface area (Å²) in [6, 6.07) is 0.273. The van der Waals surface area contributed by atoms with Gasteiger partial charge in [-0.3, -0.25) is 4.99 Å². The van der Waals surface area contributed by atoms with E-state index < -0.39 is 0 Å². The number of methoxy groups -OCH3 is 1. The van der Waals surface area contributed by atoms with Crippen molar-refractivity contribution in [2.45, 2.75) is 12.5 Å². The normalized spacial score (nSPS) is 26.8. The molecule has 3 heteroatoms. The Hall–Kier alpha value is -1.25. The van der Waals surface area contributed by atoms with Crippen molar-refractivity contribution in [3.8, 4) is 0 Å². The molecule has 1 aliphatic carbocycles. The number of ether oxygens (including phenoxy) is 1. The highest BCUT2D eigenvalue weighted by molar-refractivity contribution is 5.63. The summed E-state index contributed by atoms with van der Waals surface area (Å²) < 4.78 is 5.11. The van der Waals surface area contributed by atoms with Crippen molar-refractivity contribution < 1.29 is 4.74 Å². The zero-order valence-corrected chi connectivity index (χ0v) is 6.37. The predicted molar refractivity (Wildman–Crippen MR) is 43.2 cm³/mol. The lowest BCUT2D eigenvalue weighted by Crippen LogP contribution is -2.16. The fourth-order valence-electron chi connectivity index (χ4n) is 1.29. The number of nitrogens with one attached hydrogen (secondary N) is 1. The Morgan fingerprint density at radius 3 is 3.36 bits per heavy atom. The fraction of sp³-hybridized carbons (Fsp3) is 0.375. The van der Waals surface area contributed by atoms with Crippen molar-refractivity contribution >= 4 is 6.34 Å². The van der Waals surface area contributed by atoms with E-state index in [9.17, 15) is 0 Å². The van der Waals surface area contributed by atoms with Crippen LogP contribution in [0.1, 0.15) is 6.42 Å². The topological polar surface area (TPSA) is 33.6 Å². The van der Waals surface area contributed by atoms with E-state index in [0.29, 0.717) is 0 Å². The quantitative estimate of drug-likeness (QED) is 0.600. The highest BCUT2D eigenvalue weighted by Gasteiger charge is 2.21. The van der Waals surface area contributed by atoms with Gasteiger partial charge in [0.25, 0.3) is 0 Å². The zero-order chi connectivity index (χ0) is 7.68. The van der Waals surface area contributed by atoms with Crippen LogP contribution >= 0.6 is 0 Å². The highest BCUT2D eigenvalue weighted by atomic mass is 16.5. The number of rotatable bonds is 1. The summed E-state index contributed by atoms with van der Waals surface area (Å²) >= 11 is 0. The van der Waals surface area contributed by atoms with Crippen molar-refractivity contribution in [3.63, 3.8) is 0 Å². The smallest absolute Gasteiger partial charge is 0.0985 e. The first kappa shape index (κ1) is 6.46. The van der Waals surface area contributed by atoms with Gasteiger partial charge >= 0.3 is 0 Å². The van der Waals surface area contributed by atoms with E-state index in [2.05, 4.69) is 10.3 Å². The van der Waals surface area contributed by atoms with Crippen LogP contribution < -0.4 is 5.32 Å². The molecule has 0 aromatic heterocycles. The van der Waals surface area contributed by atoms with Crippen LogP contribution in [0.3, 0.4) is 0 Å². The second-order valence-corrected chi connectivity index (χ2v) is 2.60. The van der Waals surface area contributed by atoms with Gasteiger partial charge in [0.05, 0.1) is 25.2 Å². The molecule has 11 heavy (non-hydrogen) atoms. The van der Waals surface area contributed by atoms with Gasteiger partial charge in [0, 0.05) is 12.1 Å². The van der Waals surface area contributed by atoms with Crippen LogP contribution in [0.25, 0.3) is 0 Å². The number of hydrogen-bond acceptors (Lipinski definition) is 3. The monoisotopic (exact) mass is 150 g/mol. The standard InChI is InChI=1S/C8H10N2O/c1-11-6-2-3-7-8(4-6)10-5-9-7/h2-3,5,8H,4H2,1H3,(H,9,10). The maximum Gasteiger partial charge on any atom is 0.0985 e. The van der Waals surface area contributed by atoms with Crippen molar-refractivity contribution in [2.75, 3.05) is 7.11 Å². The molecule has 0 fully saturated rings. The second kappa shape index (κ2) is 2.42. The third-order valence-electron chi connectivity index (χ3n) is 1.95. The molecular formula is C8H10N2O. The van der Waals surface area contributed by atoms with Gasteiger partial charge in [0.2, 0.25) is 0 Å². The first-order valence-corrected chi connectivity index (χ1v) is 3.63. The van der Waals surface area contributed by atoms with Crippen LogP contribution in [-0.2, 0) is 4.74 Å². The van der Waals surface area contributed by atoms with Crippen LogP contribution in [0.5, 0.6) is 0 Å². The first-order chi connectivity index (χ1) is 5.40. The molecule has 1 N–H and O–H groups in total. The molecule has 1 heterocycles. The maximum atomic E-state index is 5.11. The van der Waals surface area contributed by atoms with Crippen molar-refractivity contribution in [2.24, 2.45) is 4.99 Å². The molecule has 3 nitrogen and oxygen atoms in total. The Kier molecular flexibility index (Phi) is 1.42. The second-order valence-electron chi connectivity index (χ2n) is 2.60. The summed E-state index contributed by atoms with van der Waals surface area (Å²) in [5.74, 6) is 1.000. The van der Waals surface area contributed by atoms with Crippen molar-refractivity contribution in [1.29, 1.82) is 0 Å². The average Bonchev–Trinajstić information content (AvgIpc) is 2.50. The van der Waals surface area contributed by atoms with Crippen LogP contribution in [0.15, 0.2) is 28.6 Å². The molecule has 0 radical (unpaired) electrons. The molecule has 0 aromatic rings. The highest BCUT2D eigenvalue weighted by Crippen LogP contribution is 2.22. The number of nitrogens with zero attached hydrogens (tertiary/aromatic N) is 1. The predicted octanol–water partition coefficient (Wildman–Crippen LogP) is 0.804. The molecule has 58 valence electrons. The minimum absolute atomic E-state index is 0.273. The van der Waals surface area contributed by atoms with Crippen molar-refractivity contribution in [3.05, 3.63) is 23.6 Å². The van der Waals surface area contributed by atoms with Gasteiger partial charge in [-0.2, -0.15) is 0 Å². The van der Waals surface area contributed by atoms with Crippen LogP contribution in [0, 0.1) is 0 Å². The molecule has 2 aliphatic rings. The van der Waals surface area contributed by atoms with Crippen LogP contribution in [-0.4, -0.2) is 19.5 Å². The summed E-state index contributed by atoms with van der Waals surface area (Å²) in [4.78, 5) is 4.23. The van der Waals surface area contributed by atoms with E-state index >= 15 is 0 Å². The van der Waals surface area contributed by atoms with E-state index in [1.165, 1.54) is 5.70 Å². The molecule has 0 saturated heterocycles. The summed E-state index contributed by atoms with van der Waals surface area (Å²) in [5.41, 5.74) is 1.17. The summed E-state index contributed by atoms with van der Waals surface area (Å²) in [6.07, 6.45) is 6.61. The molecule has 1 atom stereocenters. The van der Waals surface area contributed by atoms with Gasteiger partial charge in [-0.05, 0) is 12.2 Å². The first-order valence-electron chi connectivity index (χ1n) is 3.63. The van der Waals surface area contributed by atoms with Crippen molar-refractivity contribution in [1.82, 2.24) is 5.32 Å². The Bertz CT molecular complexity index is 253. The molecule has 0 bridgehead atoms. The summed E-state index contributed by atoms with van der Waals surface area (Å²) in [6.45, 7) is 0. The average molecular weight is 150 g/mol. The lowest BCUT2D eigenvalue weighted by atomic mass is 10.1. The van der Waals surface area contributed by atoms with E-state index in [0.717, 1.165) is 12.2 Å². The van der Waals surface area contributed by atoms with E-state index in [-0.39, 0.29) is 6.04 Å². The lowest BCUT2D eigenvalue weighted by molar-refractivity contribution is 0.272. The largest absolute Gasteiger partial charge is 0.501 e. The van der Waals surface area contributed by atoms with E-state index in [4.69, 9.17) is 4.74 Å². The van der Waals surface area contributed by atoms with Gasteiger partial charge in [-0.15, -0.1) is 0 Å². The Morgan fingerprint density at radius 1 is 1.64 bits per heavy atom. The lowest BCUT2D eigenvalue weighted by Gasteiger charge is -2.15. The minimum Gasteiger partial charge on any atom is -0.501 e.